The molecule has 1 aliphatic heterocycles. The lowest BCUT2D eigenvalue weighted by atomic mass is 9.95. The summed E-state index contributed by atoms with van der Waals surface area (Å²) >= 11 is 0. The molecule has 0 spiro atoms. The Morgan fingerprint density at radius 3 is 2.71 bits per heavy atom. The second-order valence-corrected chi connectivity index (χ2v) is 4.10. The lowest BCUT2D eigenvalue weighted by molar-refractivity contribution is 0.387. The Hall–Kier alpha value is -1.24. The Kier molecular flexibility index (Phi) is 2.32. The van der Waals surface area contributed by atoms with Gasteiger partial charge in [-0.05, 0) is 24.5 Å². The normalized spacial score (nSPS) is 18.0. The van der Waals surface area contributed by atoms with Crippen molar-refractivity contribution >= 4 is 5.57 Å². The highest BCUT2D eigenvalue weighted by Gasteiger charge is 2.19. The van der Waals surface area contributed by atoms with Gasteiger partial charge in [0.2, 0.25) is 0 Å². The minimum Gasteiger partial charge on any atom is -0.488 e. The SMILES string of the molecule is C/C(=C1\COc2ccccc21)C(C)C. The Labute approximate surface area is 85.4 Å². The lowest BCUT2D eigenvalue weighted by Crippen LogP contribution is -1.97. The van der Waals surface area contributed by atoms with Crippen LogP contribution in [0.2, 0.25) is 0 Å². The quantitative estimate of drug-likeness (QED) is 0.655. The lowest BCUT2D eigenvalue weighted by Gasteiger charge is -2.08. The van der Waals surface area contributed by atoms with Crippen molar-refractivity contribution < 1.29 is 4.74 Å². The molecule has 0 amide bonds. The topological polar surface area (TPSA) is 9.23 Å². The summed E-state index contributed by atoms with van der Waals surface area (Å²) in [5.41, 5.74) is 4.09. The molecule has 0 aromatic heterocycles. The van der Waals surface area contributed by atoms with Crippen molar-refractivity contribution in [1.82, 2.24) is 0 Å². The van der Waals surface area contributed by atoms with Gasteiger partial charge in [0.1, 0.15) is 12.4 Å². The van der Waals surface area contributed by atoms with Gasteiger partial charge < -0.3 is 4.74 Å². The molecule has 0 saturated carbocycles. The third-order valence-corrected chi connectivity index (χ3v) is 2.93. The van der Waals surface area contributed by atoms with Crippen molar-refractivity contribution in [3.05, 3.63) is 35.4 Å². The Morgan fingerprint density at radius 2 is 2.00 bits per heavy atom. The first-order valence-electron chi connectivity index (χ1n) is 5.12. The zero-order chi connectivity index (χ0) is 10.1. The van der Waals surface area contributed by atoms with Crippen molar-refractivity contribution in [3.63, 3.8) is 0 Å². The fraction of sp³-hybridized carbons (Fsp3) is 0.385. The number of rotatable bonds is 1. The second kappa shape index (κ2) is 3.49. The van der Waals surface area contributed by atoms with Crippen LogP contribution in [0.15, 0.2) is 29.8 Å². The van der Waals surface area contributed by atoms with Crippen LogP contribution in [0, 0.1) is 5.92 Å². The first-order valence-corrected chi connectivity index (χ1v) is 5.12. The van der Waals surface area contributed by atoms with Crippen LogP contribution in [0.3, 0.4) is 0 Å². The maximum atomic E-state index is 5.62. The number of hydrogen-bond donors (Lipinski definition) is 0. The van der Waals surface area contributed by atoms with E-state index in [-0.39, 0.29) is 0 Å². The van der Waals surface area contributed by atoms with E-state index in [9.17, 15) is 0 Å². The van der Waals surface area contributed by atoms with Crippen LogP contribution in [0.25, 0.3) is 5.57 Å². The molecule has 1 heterocycles. The minimum atomic E-state index is 0.597. The van der Waals surface area contributed by atoms with E-state index in [1.807, 2.05) is 12.1 Å². The summed E-state index contributed by atoms with van der Waals surface area (Å²) in [5, 5.41) is 0. The summed E-state index contributed by atoms with van der Waals surface area (Å²) in [5.74, 6) is 1.63. The third kappa shape index (κ3) is 1.43. The van der Waals surface area contributed by atoms with Crippen LogP contribution in [-0.4, -0.2) is 6.61 Å². The van der Waals surface area contributed by atoms with E-state index in [2.05, 4.69) is 32.9 Å². The van der Waals surface area contributed by atoms with Crippen molar-refractivity contribution in [2.75, 3.05) is 6.61 Å². The van der Waals surface area contributed by atoms with Crippen LogP contribution >= 0.6 is 0 Å². The first-order chi connectivity index (χ1) is 6.70. The second-order valence-electron chi connectivity index (χ2n) is 4.10. The zero-order valence-electron chi connectivity index (χ0n) is 9.00. The Bertz CT molecular complexity index is 375. The molecule has 0 radical (unpaired) electrons. The van der Waals surface area contributed by atoms with Gasteiger partial charge in [0, 0.05) is 5.56 Å². The molecule has 14 heavy (non-hydrogen) atoms. The summed E-state index contributed by atoms with van der Waals surface area (Å²) in [6.45, 7) is 7.39. The number of ether oxygens (including phenoxy) is 1. The molecule has 0 fully saturated rings. The molecule has 74 valence electrons. The largest absolute Gasteiger partial charge is 0.488 e. The van der Waals surface area contributed by atoms with E-state index < -0.39 is 0 Å². The fourth-order valence-corrected chi connectivity index (χ4v) is 1.74. The number of hydrogen-bond acceptors (Lipinski definition) is 1. The number of benzene rings is 1. The molecule has 0 unspecified atom stereocenters. The van der Waals surface area contributed by atoms with Gasteiger partial charge in [0.15, 0.2) is 0 Å². The Morgan fingerprint density at radius 1 is 1.29 bits per heavy atom. The average Bonchev–Trinajstić information content (AvgIpc) is 2.60. The summed E-state index contributed by atoms with van der Waals surface area (Å²) in [6.07, 6.45) is 0. The van der Waals surface area contributed by atoms with Crippen LogP contribution in [0.5, 0.6) is 5.75 Å². The van der Waals surface area contributed by atoms with Gasteiger partial charge in [0.25, 0.3) is 0 Å². The predicted molar refractivity (Wildman–Crippen MR) is 59.4 cm³/mol. The van der Waals surface area contributed by atoms with Crippen molar-refractivity contribution in [2.24, 2.45) is 5.92 Å². The molecule has 1 aliphatic rings. The third-order valence-electron chi connectivity index (χ3n) is 2.93. The van der Waals surface area contributed by atoms with Gasteiger partial charge in [-0.1, -0.05) is 37.6 Å². The summed E-state index contributed by atoms with van der Waals surface area (Å²) < 4.78 is 5.62. The Balaban J connectivity index is 2.49. The molecule has 0 aliphatic carbocycles. The molecule has 1 aromatic carbocycles. The van der Waals surface area contributed by atoms with Gasteiger partial charge >= 0.3 is 0 Å². The summed E-state index contributed by atoms with van der Waals surface area (Å²) in [7, 11) is 0. The van der Waals surface area contributed by atoms with Crippen LogP contribution < -0.4 is 4.74 Å². The number of fused-ring (bicyclic) bond motifs is 1. The molecule has 0 atom stereocenters. The van der Waals surface area contributed by atoms with E-state index in [0.717, 1.165) is 12.4 Å². The molecular weight excluding hydrogens is 172 g/mol. The smallest absolute Gasteiger partial charge is 0.127 e. The highest BCUT2D eigenvalue weighted by atomic mass is 16.5. The molecule has 1 nitrogen and oxygen atoms in total. The highest BCUT2D eigenvalue weighted by Crippen LogP contribution is 2.36. The van der Waals surface area contributed by atoms with E-state index in [0.29, 0.717) is 5.92 Å². The van der Waals surface area contributed by atoms with Crippen molar-refractivity contribution in [1.29, 1.82) is 0 Å². The first kappa shape index (κ1) is 9.32. The van der Waals surface area contributed by atoms with Gasteiger partial charge in [-0.3, -0.25) is 0 Å². The minimum absolute atomic E-state index is 0.597. The highest BCUT2D eigenvalue weighted by molar-refractivity contribution is 5.77. The van der Waals surface area contributed by atoms with Crippen molar-refractivity contribution in [2.45, 2.75) is 20.8 Å². The molecule has 0 N–H and O–H groups in total. The van der Waals surface area contributed by atoms with E-state index in [4.69, 9.17) is 4.74 Å². The molecule has 2 rings (SSSR count). The van der Waals surface area contributed by atoms with Gasteiger partial charge in [-0.2, -0.15) is 0 Å². The number of para-hydroxylation sites is 1. The van der Waals surface area contributed by atoms with E-state index in [1.54, 1.807) is 0 Å². The van der Waals surface area contributed by atoms with Gasteiger partial charge in [-0.25, -0.2) is 0 Å². The summed E-state index contributed by atoms with van der Waals surface area (Å²) in [4.78, 5) is 0. The zero-order valence-corrected chi connectivity index (χ0v) is 9.00. The number of allylic oxidation sites excluding steroid dienone is 1. The fourth-order valence-electron chi connectivity index (χ4n) is 1.74. The average molecular weight is 188 g/mol. The van der Waals surface area contributed by atoms with Gasteiger partial charge in [-0.15, -0.1) is 0 Å². The molecule has 0 bridgehead atoms. The van der Waals surface area contributed by atoms with E-state index in [1.165, 1.54) is 16.7 Å². The van der Waals surface area contributed by atoms with E-state index >= 15 is 0 Å². The molecule has 1 heteroatoms. The predicted octanol–water partition coefficient (Wildman–Crippen LogP) is 3.51. The van der Waals surface area contributed by atoms with Crippen LogP contribution in [0.4, 0.5) is 0 Å². The van der Waals surface area contributed by atoms with Crippen molar-refractivity contribution in [3.8, 4) is 5.75 Å². The molecule has 0 saturated heterocycles. The summed E-state index contributed by atoms with van der Waals surface area (Å²) in [6, 6.07) is 8.27. The van der Waals surface area contributed by atoms with Crippen LogP contribution in [0.1, 0.15) is 26.3 Å². The molecule has 1 aromatic rings. The molecular formula is C13H16O. The maximum Gasteiger partial charge on any atom is 0.127 e. The van der Waals surface area contributed by atoms with Gasteiger partial charge in [0.05, 0.1) is 0 Å². The standard InChI is InChI=1S/C13H16O/c1-9(2)10(3)12-8-14-13-7-5-4-6-11(12)13/h4-7,9H,8H2,1-3H3/b12-10-. The maximum absolute atomic E-state index is 5.62. The van der Waals surface area contributed by atoms with Crippen LogP contribution in [-0.2, 0) is 0 Å². The monoisotopic (exact) mass is 188 g/mol.